The number of benzene rings is 3. The maximum atomic E-state index is 13.8. The molecule has 2 atom stereocenters. The van der Waals surface area contributed by atoms with Crippen molar-refractivity contribution in [2.45, 2.75) is 31.8 Å². The van der Waals surface area contributed by atoms with Gasteiger partial charge in [-0.25, -0.2) is 0 Å². The fraction of sp³-hybridized carbons (Fsp3) is 0.192. The summed E-state index contributed by atoms with van der Waals surface area (Å²) in [5.41, 5.74) is 5.16. The lowest BCUT2D eigenvalue weighted by Gasteiger charge is -2.30. The van der Waals surface area contributed by atoms with Crippen LogP contribution in [0.2, 0.25) is 5.02 Å². The Morgan fingerprint density at radius 1 is 1.00 bits per heavy atom. The molecule has 3 heteroatoms. The van der Waals surface area contributed by atoms with Gasteiger partial charge in [-0.15, -0.1) is 0 Å². The van der Waals surface area contributed by atoms with E-state index in [-0.39, 0.29) is 11.7 Å². The maximum Gasteiger partial charge on any atom is 0.211 e. The Morgan fingerprint density at radius 2 is 1.72 bits per heavy atom. The Hall–Kier alpha value is -2.84. The number of carbonyl (C=O) groups excluding carboxylic acids is 1. The summed E-state index contributed by atoms with van der Waals surface area (Å²) in [6.45, 7) is 4.02. The lowest BCUT2D eigenvalue weighted by Crippen LogP contribution is -2.43. The predicted molar refractivity (Wildman–Crippen MR) is 117 cm³/mol. The van der Waals surface area contributed by atoms with Gasteiger partial charge in [0.25, 0.3) is 0 Å². The molecular weight excluding hydrogens is 380 g/mol. The van der Waals surface area contributed by atoms with Crippen molar-refractivity contribution in [2.24, 2.45) is 0 Å². The van der Waals surface area contributed by atoms with Gasteiger partial charge in [0.15, 0.2) is 5.60 Å². The van der Waals surface area contributed by atoms with Crippen LogP contribution in [0.15, 0.2) is 72.8 Å². The van der Waals surface area contributed by atoms with Crippen LogP contribution >= 0.6 is 11.6 Å². The number of fused-ring (bicyclic) bond motifs is 1. The second-order valence-electron chi connectivity index (χ2n) is 8.04. The Bertz CT molecular complexity index is 1150. The van der Waals surface area contributed by atoms with Gasteiger partial charge in [-0.05, 0) is 59.9 Å². The largest absolute Gasteiger partial charge is 0.477 e. The smallest absolute Gasteiger partial charge is 0.211 e. The first-order valence-corrected chi connectivity index (χ1v) is 10.2. The van der Waals surface area contributed by atoms with Crippen molar-refractivity contribution >= 4 is 23.0 Å². The van der Waals surface area contributed by atoms with Gasteiger partial charge in [0.2, 0.25) is 5.78 Å². The number of carbonyl (C=O) groups is 1. The molecule has 1 spiro atoms. The summed E-state index contributed by atoms with van der Waals surface area (Å²) in [6.07, 6.45) is 2.75. The minimum absolute atomic E-state index is 0.0760. The standard InChI is InChI=1S/C26H21ClO2/c1-16-12-17(2)24-23(13-16)29-26(25(24)28)15-20(18-6-4-3-5-7-18)14-22(26)19-8-10-21(27)11-9-19/h3-14,22H,15H2,1-2H3/t22-,26-/m0/s1. The molecule has 1 aliphatic carbocycles. The van der Waals surface area contributed by atoms with E-state index in [9.17, 15) is 4.79 Å². The van der Waals surface area contributed by atoms with E-state index < -0.39 is 5.60 Å². The molecule has 0 saturated heterocycles. The third-order valence-electron chi connectivity index (χ3n) is 6.04. The molecule has 0 saturated carbocycles. The molecule has 0 aromatic heterocycles. The summed E-state index contributed by atoms with van der Waals surface area (Å²) in [6, 6.07) is 22.0. The summed E-state index contributed by atoms with van der Waals surface area (Å²) in [5.74, 6) is 0.607. The first-order chi connectivity index (χ1) is 14.0. The lowest BCUT2D eigenvalue weighted by atomic mass is 9.79. The van der Waals surface area contributed by atoms with Crippen LogP contribution in [0.25, 0.3) is 5.57 Å². The zero-order valence-electron chi connectivity index (χ0n) is 16.4. The average molecular weight is 401 g/mol. The number of ether oxygens (including phenoxy) is 1. The average Bonchev–Trinajstić information content (AvgIpc) is 3.22. The van der Waals surface area contributed by atoms with Crippen molar-refractivity contribution in [2.75, 3.05) is 0 Å². The quantitative estimate of drug-likeness (QED) is 0.488. The van der Waals surface area contributed by atoms with Gasteiger partial charge in [0.1, 0.15) is 5.75 Å². The topological polar surface area (TPSA) is 26.3 Å². The normalized spacial score (nSPS) is 22.5. The molecule has 5 rings (SSSR count). The first kappa shape index (κ1) is 18.2. The van der Waals surface area contributed by atoms with Crippen LogP contribution in [-0.4, -0.2) is 11.4 Å². The molecule has 0 radical (unpaired) electrons. The maximum absolute atomic E-state index is 13.8. The molecule has 2 aliphatic rings. The molecular formula is C26H21ClO2. The second kappa shape index (κ2) is 6.60. The van der Waals surface area contributed by atoms with E-state index in [1.54, 1.807) is 0 Å². The van der Waals surface area contributed by atoms with E-state index in [0.717, 1.165) is 33.4 Å². The number of Topliss-reactive ketones (excluding diaryl/α,β-unsaturated/α-hetero) is 1. The van der Waals surface area contributed by atoms with Gasteiger partial charge in [-0.2, -0.15) is 0 Å². The van der Waals surface area contributed by atoms with Crippen LogP contribution in [0, 0.1) is 13.8 Å². The van der Waals surface area contributed by atoms with E-state index >= 15 is 0 Å². The Kier molecular flexibility index (Phi) is 4.15. The van der Waals surface area contributed by atoms with E-state index in [0.29, 0.717) is 17.2 Å². The zero-order valence-corrected chi connectivity index (χ0v) is 17.2. The third-order valence-corrected chi connectivity index (χ3v) is 6.30. The number of aryl methyl sites for hydroxylation is 2. The predicted octanol–water partition coefficient (Wildman–Crippen LogP) is 6.54. The molecule has 3 aromatic rings. The molecule has 29 heavy (non-hydrogen) atoms. The van der Waals surface area contributed by atoms with Crippen LogP contribution in [-0.2, 0) is 0 Å². The highest BCUT2D eigenvalue weighted by atomic mass is 35.5. The highest BCUT2D eigenvalue weighted by molar-refractivity contribution is 6.30. The summed E-state index contributed by atoms with van der Waals surface area (Å²) >= 11 is 6.12. The summed E-state index contributed by atoms with van der Waals surface area (Å²) in [4.78, 5) is 13.8. The fourth-order valence-electron chi connectivity index (χ4n) is 4.75. The summed E-state index contributed by atoms with van der Waals surface area (Å²) in [7, 11) is 0. The Balaban J connectivity index is 1.66. The van der Waals surface area contributed by atoms with Crippen molar-refractivity contribution in [3.63, 3.8) is 0 Å². The molecule has 0 unspecified atom stereocenters. The molecule has 3 aromatic carbocycles. The van der Waals surface area contributed by atoms with E-state index in [4.69, 9.17) is 16.3 Å². The Morgan fingerprint density at radius 3 is 2.45 bits per heavy atom. The van der Waals surface area contributed by atoms with Gasteiger partial charge < -0.3 is 4.74 Å². The van der Waals surface area contributed by atoms with Gasteiger partial charge in [-0.1, -0.05) is 66.2 Å². The highest BCUT2D eigenvalue weighted by Crippen LogP contribution is 2.53. The molecule has 0 amide bonds. The lowest BCUT2D eigenvalue weighted by molar-refractivity contribution is 0.0551. The molecule has 0 bridgehead atoms. The van der Waals surface area contributed by atoms with Crippen molar-refractivity contribution in [3.05, 3.63) is 106 Å². The molecule has 1 heterocycles. The zero-order chi connectivity index (χ0) is 20.2. The van der Waals surface area contributed by atoms with Crippen LogP contribution in [0.3, 0.4) is 0 Å². The van der Waals surface area contributed by atoms with Crippen LogP contribution in [0.5, 0.6) is 5.75 Å². The van der Waals surface area contributed by atoms with Gasteiger partial charge >= 0.3 is 0 Å². The third kappa shape index (κ3) is 2.82. The SMILES string of the molecule is Cc1cc(C)c2c(c1)O[C@]1(CC(c3ccccc3)=C[C@H]1c1ccc(Cl)cc1)C2=O. The van der Waals surface area contributed by atoms with Gasteiger partial charge in [0, 0.05) is 11.4 Å². The van der Waals surface area contributed by atoms with E-state index in [1.165, 1.54) is 0 Å². The van der Waals surface area contributed by atoms with Crippen LogP contribution in [0.1, 0.15) is 45.0 Å². The Labute approximate surface area is 175 Å². The van der Waals surface area contributed by atoms with E-state index in [1.807, 2.05) is 62.4 Å². The summed E-state index contributed by atoms with van der Waals surface area (Å²) < 4.78 is 6.54. The number of rotatable bonds is 2. The molecule has 144 valence electrons. The van der Waals surface area contributed by atoms with Crippen LogP contribution < -0.4 is 4.74 Å². The highest BCUT2D eigenvalue weighted by Gasteiger charge is 2.57. The number of ketones is 1. The molecule has 0 N–H and O–H groups in total. The second-order valence-corrected chi connectivity index (χ2v) is 8.48. The molecule has 0 fully saturated rings. The van der Waals surface area contributed by atoms with Crippen molar-refractivity contribution < 1.29 is 9.53 Å². The van der Waals surface area contributed by atoms with Gasteiger partial charge in [-0.3, -0.25) is 4.79 Å². The monoisotopic (exact) mass is 400 g/mol. The number of hydrogen-bond acceptors (Lipinski definition) is 2. The van der Waals surface area contributed by atoms with Crippen molar-refractivity contribution in [1.82, 2.24) is 0 Å². The fourth-order valence-corrected chi connectivity index (χ4v) is 4.88. The molecule has 1 aliphatic heterocycles. The van der Waals surface area contributed by atoms with Crippen molar-refractivity contribution in [3.8, 4) is 5.75 Å². The minimum Gasteiger partial charge on any atom is -0.477 e. The first-order valence-electron chi connectivity index (χ1n) is 9.84. The van der Waals surface area contributed by atoms with Crippen molar-refractivity contribution in [1.29, 1.82) is 0 Å². The van der Waals surface area contributed by atoms with E-state index in [2.05, 4.69) is 24.3 Å². The number of hydrogen-bond donors (Lipinski definition) is 0. The molecule has 2 nitrogen and oxygen atoms in total. The van der Waals surface area contributed by atoms with Crippen LogP contribution in [0.4, 0.5) is 0 Å². The van der Waals surface area contributed by atoms with Gasteiger partial charge in [0.05, 0.1) is 11.5 Å². The minimum atomic E-state index is -0.945. The summed E-state index contributed by atoms with van der Waals surface area (Å²) in [5, 5.41) is 0.682. The number of halogens is 1.